The molecule has 0 spiro atoms. The van der Waals surface area contributed by atoms with E-state index in [1.165, 1.54) is 19.4 Å². The molecule has 11 heteroatoms. The van der Waals surface area contributed by atoms with Crippen LogP contribution in [0, 0.1) is 0 Å². The first-order chi connectivity index (χ1) is 16.8. The molecule has 0 aliphatic heterocycles. The molecule has 1 amide bonds. The molecule has 35 heavy (non-hydrogen) atoms. The molecular weight excluding hydrogens is 563 g/mol. The fraction of sp³-hybridized carbons (Fsp3) is 0.125. The smallest absolute Gasteiger partial charge is 0.349 e. The highest BCUT2D eigenvalue weighted by molar-refractivity contribution is 9.10. The molecule has 0 aliphatic rings. The van der Waals surface area contributed by atoms with E-state index in [0.717, 1.165) is 4.47 Å². The maximum Gasteiger partial charge on any atom is 0.349 e. The lowest BCUT2D eigenvalue weighted by Crippen LogP contribution is -2.24. The Morgan fingerprint density at radius 2 is 1.66 bits per heavy atom. The summed E-state index contributed by atoms with van der Waals surface area (Å²) in [6.45, 7) is -0.571. The summed E-state index contributed by atoms with van der Waals surface area (Å²) in [5.74, 6) is 0.518. The van der Waals surface area contributed by atoms with E-state index in [0.29, 0.717) is 38.6 Å². The van der Waals surface area contributed by atoms with E-state index in [2.05, 4.69) is 26.5 Å². The highest BCUT2D eigenvalue weighted by Gasteiger charge is 2.10. The zero-order chi connectivity index (χ0) is 25.2. The minimum Gasteiger partial charge on any atom is -0.493 e. The van der Waals surface area contributed by atoms with Crippen molar-refractivity contribution in [3.63, 3.8) is 0 Å². The topological polar surface area (TPSA) is 95.5 Å². The van der Waals surface area contributed by atoms with E-state index in [1.807, 2.05) is 0 Å². The first-order valence-corrected chi connectivity index (χ1v) is 11.6. The van der Waals surface area contributed by atoms with Gasteiger partial charge >= 0.3 is 5.97 Å². The van der Waals surface area contributed by atoms with Gasteiger partial charge in [0.15, 0.2) is 24.7 Å². The molecular formula is C24H19BrCl2N2O6. The lowest BCUT2D eigenvalue weighted by Gasteiger charge is -2.10. The zero-order valence-corrected chi connectivity index (χ0v) is 21.4. The summed E-state index contributed by atoms with van der Waals surface area (Å²) in [7, 11) is 1.51. The van der Waals surface area contributed by atoms with Crippen LogP contribution in [0.25, 0.3) is 0 Å². The molecule has 0 fully saturated rings. The number of halogens is 3. The lowest BCUT2D eigenvalue weighted by atomic mass is 10.2. The van der Waals surface area contributed by atoms with Crippen molar-refractivity contribution in [3.8, 4) is 23.0 Å². The number of hydrogen-bond donors (Lipinski definition) is 1. The van der Waals surface area contributed by atoms with Crippen molar-refractivity contribution in [2.24, 2.45) is 5.10 Å². The Morgan fingerprint density at radius 3 is 2.37 bits per heavy atom. The predicted molar refractivity (Wildman–Crippen MR) is 136 cm³/mol. The number of amides is 1. The third kappa shape index (κ3) is 8.47. The largest absolute Gasteiger partial charge is 0.493 e. The monoisotopic (exact) mass is 580 g/mol. The molecule has 0 saturated heterocycles. The van der Waals surface area contributed by atoms with Gasteiger partial charge in [0, 0.05) is 9.50 Å². The van der Waals surface area contributed by atoms with Gasteiger partial charge < -0.3 is 18.9 Å². The van der Waals surface area contributed by atoms with Crippen LogP contribution in [0.3, 0.4) is 0 Å². The second-order valence-corrected chi connectivity index (χ2v) is 8.54. The Morgan fingerprint density at radius 1 is 0.943 bits per heavy atom. The highest BCUT2D eigenvalue weighted by Crippen LogP contribution is 2.30. The molecule has 0 heterocycles. The summed E-state index contributed by atoms with van der Waals surface area (Å²) in [5, 5.41) is 4.64. The zero-order valence-electron chi connectivity index (χ0n) is 18.3. The van der Waals surface area contributed by atoms with Gasteiger partial charge in [0.2, 0.25) is 0 Å². The molecule has 0 unspecified atom stereocenters. The Hall–Kier alpha value is -3.27. The van der Waals surface area contributed by atoms with E-state index >= 15 is 0 Å². The molecule has 3 aromatic rings. The normalized spacial score (nSPS) is 10.6. The molecule has 0 bridgehead atoms. The van der Waals surface area contributed by atoms with E-state index < -0.39 is 11.9 Å². The van der Waals surface area contributed by atoms with Gasteiger partial charge in [-0.1, -0.05) is 39.1 Å². The number of methoxy groups -OCH3 is 1. The quantitative estimate of drug-likeness (QED) is 0.151. The standard InChI is InChI=1S/C24H19BrCl2N2O6/c1-32-22-10-16(25)4-8-21(22)33-13-23(30)29-28-12-15-2-6-18(7-3-15)35-24(31)14-34-20-9-5-17(26)11-19(20)27/h2-12H,13-14H2,1H3,(H,29,30)/b28-12+. The molecule has 3 rings (SSSR count). The number of ether oxygens (including phenoxy) is 4. The number of carbonyl (C=O) groups is 2. The van der Waals surface area contributed by atoms with Gasteiger partial charge in [-0.15, -0.1) is 0 Å². The number of hydrogen-bond acceptors (Lipinski definition) is 7. The van der Waals surface area contributed by atoms with Gasteiger partial charge in [0.1, 0.15) is 11.5 Å². The number of rotatable bonds is 10. The first kappa shape index (κ1) is 26.3. The van der Waals surface area contributed by atoms with Crippen molar-refractivity contribution in [1.82, 2.24) is 5.43 Å². The van der Waals surface area contributed by atoms with E-state index in [4.69, 9.17) is 42.1 Å². The fourth-order valence-electron chi connectivity index (χ4n) is 2.63. The first-order valence-electron chi connectivity index (χ1n) is 10.0. The molecule has 0 radical (unpaired) electrons. The summed E-state index contributed by atoms with van der Waals surface area (Å²) in [6.07, 6.45) is 1.44. The molecule has 0 atom stereocenters. The minimum absolute atomic E-state index is 0.243. The van der Waals surface area contributed by atoms with Gasteiger partial charge in [-0.05, 0) is 66.2 Å². The summed E-state index contributed by atoms with van der Waals surface area (Å²) in [5.41, 5.74) is 3.04. The Kier molecular flexibility index (Phi) is 9.77. The maximum absolute atomic E-state index is 12.0. The predicted octanol–water partition coefficient (Wildman–Crippen LogP) is 5.28. The van der Waals surface area contributed by atoms with Gasteiger partial charge in [0.25, 0.3) is 5.91 Å². The minimum atomic E-state index is -0.605. The molecule has 3 aromatic carbocycles. The average molecular weight is 582 g/mol. The third-order valence-corrected chi connectivity index (χ3v) is 5.26. The third-order valence-electron chi connectivity index (χ3n) is 4.24. The van der Waals surface area contributed by atoms with Gasteiger partial charge in [-0.25, -0.2) is 10.2 Å². The van der Waals surface area contributed by atoms with Crippen LogP contribution in [0.1, 0.15) is 5.56 Å². The van der Waals surface area contributed by atoms with Crippen molar-refractivity contribution in [2.75, 3.05) is 20.3 Å². The summed E-state index contributed by atoms with van der Waals surface area (Å²) >= 11 is 15.2. The molecule has 182 valence electrons. The van der Waals surface area contributed by atoms with Gasteiger partial charge in [-0.3, -0.25) is 4.79 Å². The van der Waals surface area contributed by atoms with Crippen molar-refractivity contribution < 1.29 is 28.5 Å². The second kappa shape index (κ2) is 13.0. The van der Waals surface area contributed by atoms with Crippen LogP contribution in [-0.4, -0.2) is 38.4 Å². The SMILES string of the molecule is COc1cc(Br)ccc1OCC(=O)N/N=C/c1ccc(OC(=O)COc2ccc(Cl)cc2Cl)cc1. The van der Waals surface area contributed by atoms with Crippen LogP contribution in [0.5, 0.6) is 23.0 Å². The van der Waals surface area contributed by atoms with Crippen LogP contribution < -0.4 is 24.4 Å². The van der Waals surface area contributed by atoms with E-state index in [9.17, 15) is 9.59 Å². The van der Waals surface area contributed by atoms with Crippen LogP contribution in [0.15, 0.2) is 70.2 Å². The number of nitrogens with one attached hydrogen (secondary N) is 1. The number of carbonyl (C=O) groups excluding carboxylic acids is 2. The van der Waals surface area contributed by atoms with Crippen molar-refractivity contribution in [3.05, 3.63) is 80.7 Å². The van der Waals surface area contributed by atoms with E-state index in [1.54, 1.807) is 54.6 Å². The molecule has 0 aliphatic carbocycles. The fourth-order valence-corrected chi connectivity index (χ4v) is 3.43. The Bertz CT molecular complexity index is 1220. The van der Waals surface area contributed by atoms with Crippen LogP contribution in [-0.2, 0) is 9.59 Å². The number of esters is 1. The van der Waals surface area contributed by atoms with Gasteiger partial charge in [0.05, 0.1) is 18.3 Å². The van der Waals surface area contributed by atoms with Crippen molar-refractivity contribution in [2.45, 2.75) is 0 Å². The number of hydrazone groups is 1. The average Bonchev–Trinajstić information content (AvgIpc) is 2.83. The van der Waals surface area contributed by atoms with E-state index in [-0.39, 0.29) is 13.2 Å². The number of benzene rings is 3. The molecule has 8 nitrogen and oxygen atoms in total. The lowest BCUT2D eigenvalue weighted by molar-refractivity contribution is -0.136. The Labute approximate surface area is 219 Å². The Balaban J connectivity index is 1.42. The molecule has 0 saturated carbocycles. The highest BCUT2D eigenvalue weighted by atomic mass is 79.9. The summed E-state index contributed by atoms with van der Waals surface area (Å²) in [6, 6.07) is 16.4. The molecule has 0 aromatic heterocycles. The molecule has 1 N–H and O–H groups in total. The summed E-state index contributed by atoms with van der Waals surface area (Å²) in [4.78, 5) is 24.0. The van der Waals surface area contributed by atoms with Crippen LogP contribution >= 0.6 is 39.1 Å². The van der Waals surface area contributed by atoms with Crippen LogP contribution in [0.2, 0.25) is 10.0 Å². The maximum atomic E-state index is 12.0. The number of nitrogens with zero attached hydrogens (tertiary/aromatic N) is 1. The van der Waals surface area contributed by atoms with Gasteiger partial charge in [-0.2, -0.15) is 5.10 Å². The van der Waals surface area contributed by atoms with Crippen LogP contribution in [0.4, 0.5) is 0 Å². The second-order valence-electron chi connectivity index (χ2n) is 6.78. The van der Waals surface area contributed by atoms with Crippen molar-refractivity contribution >= 4 is 57.2 Å². The summed E-state index contributed by atoms with van der Waals surface area (Å²) < 4.78 is 22.1. The van der Waals surface area contributed by atoms with Crippen molar-refractivity contribution in [1.29, 1.82) is 0 Å².